The Morgan fingerprint density at radius 2 is 2.06 bits per heavy atom. The van der Waals surface area contributed by atoms with E-state index >= 15 is 0 Å². The Balaban J connectivity index is 2.25. The minimum Gasteiger partial charge on any atom is -0.330 e. The number of benzene rings is 1. The highest BCUT2D eigenvalue weighted by molar-refractivity contribution is 9.10. The standard InChI is InChI=1S/C10H5BrClF3N2S/c11-8-4-18-9(17-8)16-7-2-1-5(3-6(7)12)10(13,14)15/h1-4H,(H,16,17). The summed E-state index contributed by atoms with van der Waals surface area (Å²) >= 11 is 10.3. The maximum absolute atomic E-state index is 12.4. The van der Waals surface area contributed by atoms with Crippen molar-refractivity contribution < 1.29 is 13.2 Å². The number of anilines is 2. The van der Waals surface area contributed by atoms with Gasteiger partial charge in [-0.3, -0.25) is 0 Å². The van der Waals surface area contributed by atoms with E-state index in [-0.39, 0.29) is 5.02 Å². The van der Waals surface area contributed by atoms with E-state index in [1.54, 1.807) is 5.38 Å². The number of thiazole rings is 1. The molecule has 0 spiro atoms. The van der Waals surface area contributed by atoms with Gasteiger partial charge >= 0.3 is 6.18 Å². The molecule has 0 saturated heterocycles. The van der Waals surface area contributed by atoms with Crippen LogP contribution in [0.2, 0.25) is 5.02 Å². The second-order valence-electron chi connectivity index (χ2n) is 3.29. The first-order chi connectivity index (χ1) is 8.36. The molecule has 1 heterocycles. The van der Waals surface area contributed by atoms with E-state index in [9.17, 15) is 13.2 Å². The van der Waals surface area contributed by atoms with Crippen LogP contribution >= 0.6 is 38.9 Å². The van der Waals surface area contributed by atoms with Crippen LogP contribution in [-0.4, -0.2) is 4.98 Å². The summed E-state index contributed by atoms with van der Waals surface area (Å²) in [6, 6.07) is 3.13. The summed E-state index contributed by atoms with van der Waals surface area (Å²) in [5.41, 5.74) is -0.398. The number of halogens is 5. The van der Waals surface area contributed by atoms with Crippen LogP contribution in [0.5, 0.6) is 0 Å². The van der Waals surface area contributed by atoms with Gasteiger partial charge in [0.1, 0.15) is 4.60 Å². The molecule has 0 unspecified atom stereocenters. The molecule has 2 rings (SSSR count). The van der Waals surface area contributed by atoms with Gasteiger partial charge in [-0.25, -0.2) is 4.98 Å². The highest BCUT2D eigenvalue weighted by Gasteiger charge is 2.30. The van der Waals surface area contributed by atoms with E-state index in [1.165, 1.54) is 17.4 Å². The Hall–Kier alpha value is -0.790. The van der Waals surface area contributed by atoms with Gasteiger partial charge in [-0.05, 0) is 34.1 Å². The second kappa shape index (κ2) is 5.07. The molecule has 18 heavy (non-hydrogen) atoms. The topological polar surface area (TPSA) is 24.9 Å². The summed E-state index contributed by atoms with van der Waals surface area (Å²) in [6.07, 6.45) is -4.40. The minimum absolute atomic E-state index is 0.00357. The molecular formula is C10H5BrClF3N2S. The normalized spacial score (nSPS) is 11.6. The molecule has 0 aliphatic rings. The smallest absolute Gasteiger partial charge is 0.330 e. The molecule has 0 bridgehead atoms. The van der Waals surface area contributed by atoms with E-state index in [4.69, 9.17) is 11.6 Å². The first-order valence-corrected chi connectivity index (χ1v) is 6.66. The summed E-state index contributed by atoms with van der Waals surface area (Å²) in [4.78, 5) is 4.06. The molecule has 1 aromatic carbocycles. The van der Waals surface area contributed by atoms with Crippen molar-refractivity contribution in [3.8, 4) is 0 Å². The number of nitrogens with zero attached hydrogens (tertiary/aromatic N) is 1. The quantitative estimate of drug-likeness (QED) is 0.786. The molecule has 2 nitrogen and oxygen atoms in total. The highest BCUT2D eigenvalue weighted by Crippen LogP contribution is 2.35. The third-order valence-corrected chi connectivity index (χ3v) is 3.79. The SMILES string of the molecule is FC(F)(F)c1ccc(Nc2nc(Br)cs2)c(Cl)c1. The van der Waals surface area contributed by atoms with Gasteiger partial charge in [-0.2, -0.15) is 13.2 Å². The highest BCUT2D eigenvalue weighted by atomic mass is 79.9. The van der Waals surface area contributed by atoms with Crippen LogP contribution in [0, 0.1) is 0 Å². The fourth-order valence-electron chi connectivity index (χ4n) is 1.22. The average Bonchev–Trinajstić information content (AvgIpc) is 2.65. The zero-order chi connectivity index (χ0) is 13.3. The molecule has 96 valence electrons. The Morgan fingerprint density at radius 3 is 2.56 bits per heavy atom. The molecule has 0 fully saturated rings. The zero-order valence-corrected chi connectivity index (χ0v) is 11.7. The summed E-state index contributed by atoms with van der Waals surface area (Å²) in [7, 11) is 0. The van der Waals surface area contributed by atoms with Crippen LogP contribution in [0.4, 0.5) is 24.0 Å². The Labute approximate surface area is 118 Å². The van der Waals surface area contributed by atoms with Gasteiger partial charge in [-0.1, -0.05) is 11.6 Å². The van der Waals surface area contributed by atoms with Crippen molar-refractivity contribution >= 4 is 49.7 Å². The maximum Gasteiger partial charge on any atom is 0.416 e. The van der Waals surface area contributed by atoms with Gasteiger partial charge in [0.15, 0.2) is 5.13 Å². The lowest BCUT2D eigenvalue weighted by Crippen LogP contribution is -2.05. The van der Waals surface area contributed by atoms with Crippen molar-refractivity contribution in [1.82, 2.24) is 4.98 Å². The van der Waals surface area contributed by atoms with Crippen LogP contribution < -0.4 is 5.32 Å². The van der Waals surface area contributed by atoms with Gasteiger partial charge in [0.25, 0.3) is 0 Å². The van der Waals surface area contributed by atoms with Crippen molar-refractivity contribution in [2.75, 3.05) is 5.32 Å². The van der Waals surface area contributed by atoms with Crippen LogP contribution in [0.15, 0.2) is 28.2 Å². The van der Waals surface area contributed by atoms with Crippen molar-refractivity contribution in [1.29, 1.82) is 0 Å². The molecule has 0 amide bonds. The monoisotopic (exact) mass is 356 g/mol. The van der Waals surface area contributed by atoms with Crippen LogP contribution in [-0.2, 0) is 6.18 Å². The molecule has 0 saturated carbocycles. The number of hydrogen-bond acceptors (Lipinski definition) is 3. The fraction of sp³-hybridized carbons (Fsp3) is 0.100. The van der Waals surface area contributed by atoms with Crippen molar-refractivity contribution in [3.05, 3.63) is 38.8 Å². The van der Waals surface area contributed by atoms with Crippen molar-refractivity contribution in [2.24, 2.45) is 0 Å². The maximum atomic E-state index is 12.4. The predicted molar refractivity (Wildman–Crippen MR) is 69.6 cm³/mol. The molecule has 0 aliphatic heterocycles. The second-order valence-corrected chi connectivity index (χ2v) is 5.37. The fourth-order valence-corrected chi connectivity index (χ4v) is 2.60. The van der Waals surface area contributed by atoms with E-state index in [1.807, 2.05) is 0 Å². The first-order valence-electron chi connectivity index (χ1n) is 4.61. The van der Waals surface area contributed by atoms with E-state index < -0.39 is 11.7 Å². The Bertz CT molecular complexity index is 570. The number of alkyl halides is 3. The average molecular weight is 358 g/mol. The Kier molecular flexibility index (Phi) is 3.84. The van der Waals surface area contributed by atoms with E-state index in [2.05, 4.69) is 26.2 Å². The number of nitrogens with one attached hydrogen (secondary N) is 1. The van der Waals surface area contributed by atoms with Gasteiger partial charge in [0, 0.05) is 5.38 Å². The number of hydrogen-bond donors (Lipinski definition) is 1. The van der Waals surface area contributed by atoms with Gasteiger partial charge in [-0.15, -0.1) is 11.3 Å². The third kappa shape index (κ3) is 3.15. The van der Waals surface area contributed by atoms with Crippen LogP contribution in [0.3, 0.4) is 0 Å². The van der Waals surface area contributed by atoms with Crippen LogP contribution in [0.25, 0.3) is 0 Å². The molecule has 2 aromatic rings. The zero-order valence-electron chi connectivity index (χ0n) is 8.55. The summed E-state index contributed by atoms with van der Waals surface area (Å²) in [5.74, 6) is 0. The number of rotatable bonds is 2. The molecule has 8 heteroatoms. The van der Waals surface area contributed by atoms with E-state index in [0.29, 0.717) is 15.4 Å². The lowest BCUT2D eigenvalue weighted by Gasteiger charge is -2.10. The first kappa shape index (κ1) is 13.6. The summed E-state index contributed by atoms with van der Waals surface area (Å²) in [6.45, 7) is 0. The predicted octanol–water partition coefficient (Wildman–Crippen LogP) is 5.32. The third-order valence-electron chi connectivity index (χ3n) is 2.01. The van der Waals surface area contributed by atoms with Gasteiger partial charge < -0.3 is 5.32 Å². The molecule has 1 N–H and O–H groups in total. The lowest BCUT2D eigenvalue weighted by molar-refractivity contribution is -0.137. The van der Waals surface area contributed by atoms with Crippen LogP contribution in [0.1, 0.15) is 5.56 Å². The largest absolute Gasteiger partial charge is 0.416 e. The Morgan fingerprint density at radius 1 is 1.33 bits per heavy atom. The van der Waals surface area contributed by atoms with Crippen molar-refractivity contribution in [2.45, 2.75) is 6.18 Å². The summed E-state index contributed by atoms with van der Waals surface area (Å²) in [5, 5.41) is 5.14. The molecule has 1 aromatic heterocycles. The lowest BCUT2D eigenvalue weighted by atomic mass is 10.2. The molecule has 0 atom stereocenters. The van der Waals surface area contributed by atoms with Gasteiger partial charge in [0.2, 0.25) is 0 Å². The summed E-state index contributed by atoms with van der Waals surface area (Å²) < 4.78 is 38.0. The van der Waals surface area contributed by atoms with Gasteiger partial charge in [0.05, 0.1) is 16.3 Å². The number of aromatic nitrogens is 1. The minimum atomic E-state index is -4.40. The molecule has 0 aliphatic carbocycles. The van der Waals surface area contributed by atoms with Crippen molar-refractivity contribution in [3.63, 3.8) is 0 Å². The van der Waals surface area contributed by atoms with E-state index in [0.717, 1.165) is 12.1 Å². The molecular weight excluding hydrogens is 353 g/mol. The molecule has 0 radical (unpaired) electrons.